The molecule has 0 saturated carbocycles. The van der Waals surface area contributed by atoms with E-state index in [1.165, 1.54) is 238 Å². The molecule has 0 aliphatic heterocycles. The predicted octanol–water partition coefficient (Wildman–Crippen LogP) is 24.5. The van der Waals surface area contributed by atoms with Crippen molar-refractivity contribution in [3.05, 3.63) is 48.6 Å². The van der Waals surface area contributed by atoms with Gasteiger partial charge < -0.3 is 14.2 Å². The lowest BCUT2D eigenvalue weighted by Gasteiger charge is -2.18. The summed E-state index contributed by atoms with van der Waals surface area (Å²) in [6.45, 7) is 6.58. The molecule has 0 radical (unpaired) electrons. The van der Waals surface area contributed by atoms with Gasteiger partial charge in [-0.3, -0.25) is 14.4 Å². The summed E-state index contributed by atoms with van der Waals surface area (Å²) in [6, 6.07) is 0. The third kappa shape index (κ3) is 66.2. The van der Waals surface area contributed by atoms with Crippen LogP contribution in [0.25, 0.3) is 0 Å². The molecular formula is C74H136O6. The van der Waals surface area contributed by atoms with Crippen molar-refractivity contribution in [3.8, 4) is 0 Å². The minimum absolute atomic E-state index is 0.0802. The molecule has 0 aromatic heterocycles. The van der Waals surface area contributed by atoms with Crippen LogP contribution >= 0.6 is 0 Å². The first kappa shape index (κ1) is 77.4. The number of esters is 3. The molecule has 6 nitrogen and oxygen atoms in total. The van der Waals surface area contributed by atoms with E-state index in [1.54, 1.807) is 0 Å². The molecule has 0 aliphatic rings. The highest BCUT2D eigenvalue weighted by Gasteiger charge is 2.19. The molecule has 80 heavy (non-hydrogen) atoms. The van der Waals surface area contributed by atoms with Crippen molar-refractivity contribution in [2.75, 3.05) is 13.2 Å². The number of hydrogen-bond donors (Lipinski definition) is 0. The molecule has 6 heteroatoms. The summed E-state index contributed by atoms with van der Waals surface area (Å²) in [5.74, 6) is -0.889. The molecular weight excluding hydrogens is 985 g/mol. The Labute approximate surface area is 498 Å². The molecule has 0 aliphatic carbocycles. The number of hydrogen-bond acceptors (Lipinski definition) is 6. The van der Waals surface area contributed by atoms with Crippen LogP contribution in [0, 0.1) is 0 Å². The fourth-order valence-electron chi connectivity index (χ4n) is 10.7. The Morgan fingerprint density at radius 2 is 0.475 bits per heavy atom. The van der Waals surface area contributed by atoms with Crippen molar-refractivity contribution in [2.45, 2.75) is 393 Å². The summed E-state index contributed by atoms with van der Waals surface area (Å²) in [4.78, 5) is 38.3. The summed E-state index contributed by atoms with van der Waals surface area (Å²) in [6.07, 6.45) is 87.4. The smallest absolute Gasteiger partial charge is 0.306 e. The van der Waals surface area contributed by atoms with Crippen molar-refractivity contribution in [1.29, 1.82) is 0 Å². The van der Waals surface area contributed by atoms with Crippen LogP contribution < -0.4 is 0 Å². The number of rotatable bonds is 66. The van der Waals surface area contributed by atoms with E-state index < -0.39 is 6.10 Å². The second kappa shape index (κ2) is 68.9. The first-order valence-corrected chi connectivity index (χ1v) is 35.6. The van der Waals surface area contributed by atoms with Crippen LogP contribution in [0.4, 0.5) is 0 Å². The lowest BCUT2D eigenvalue weighted by Crippen LogP contribution is -2.30. The zero-order valence-corrected chi connectivity index (χ0v) is 53.9. The SMILES string of the molecule is CCC/C=C\C/C=C\CCCCCCCC(=O)OCC(COC(=O)CCCCCCCCCCCCCCCCCCCCCCCCCCCCCCCCCCCC)OC(=O)CCCCCCC/C=C\C/C=C\CCCCC. The average Bonchev–Trinajstić information content (AvgIpc) is 3.46. The van der Waals surface area contributed by atoms with Gasteiger partial charge >= 0.3 is 17.9 Å². The van der Waals surface area contributed by atoms with Crippen molar-refractivity contribution in [3.63, 3.8) is 0 Å². The lowest BCUT2D eigenvalue weighted by atomic mass is 10.0. The zero-order chi connectivity index (χ0) is 57.8. The Kier molecular flexibility index (Phi) is 66.6. The molecule has 0 bridgehead atoms. The molecule has 0 aromatic rings. The van der Waals surface area contributed by atoms with Crippen molar-refractivity contribution in [1.82, 2.24) is 0 Å². The lowest BCUT2D eigenvalue weighted by molar-refractivity contribution is -0.167. The molecule has 0 saturated heterocycles. The summed E-state index contributed by atoms with van der Waals surface area (Å²) >= 11 is 0. The predicted molar refractivity (Wildman–Crippen MR) is 349 cm³/mol. The Balaban J connectivity index is 4.07. The summed E-state index contributed by atoms with van der Waals surface area (Å²) in [5.41, 5.74) is 0. The van der Waals surface area contributed by atoms with Crippen molar-refractivity contribution in [2.24, 2.45) is 0 Å². The molecule has 1 atom stereocenters. The van der Waals surface area contributed by atoms with Gasteiger partial charge in [-0.05, 0) is 77.0 Å². The van der Waals surface area contributed by atoms with E-state index in [9.17, 15) is 14.4 Å². The van der Waals surface area contributed by atoms with Crippen LogP contribution in [0.2, 0.25) is 0 Å². The maximum absolute atomic E-state index is 12.9. The highest BCUT2D eigenvalue weighted by molar-refractivity contribution is 5.71. The van der Waals surface area contributed by atoms with E-state index in [4.69, 9.17) is 14.2 Å². The second-order valence-corrected chi connectivity index (χ2v) is 24.1. The minimum Gasteiger partial charge on any atom is -0.462 e. The van der Waals surface area contributed by atoms with Crippen LogP contribution in [-0.2, 0) is 28.6 Å². The Morgan fingerprint density at radius 1 is 0.250 bits per heavy atom. The van der Waals surface area contributed by atoms with E-state index in [0.717, 1.165) is 109 Å². The first-order chi connectivity index (χ1) is 39.5. The maximum Gasteiger partial charge on any atom is 0.306 e. The first-order valence-electron chi connectivity index (χ1n) is 35.6. The van der Waals surface area contributed by atoms with Gasteiger partial charge in [0.2, 0.25) is 0 Å². The Morgan fingerprint density at radius 3 is 0.762 bits per heavy atom. The fraction of sp³-hybridized carbons (Fsp3) is 0.851. The van der Waals surface area contributed by atoms with Gasteiger partial charge in [-0.2, -0.15) is 0 Å². The molecule has 0 spiro atoms. The number of ether oxygens (including phenoxy) is 3. The third-order valence-electron chi connectivity index (χ3n) is 16.0. The van der Waals surface area contributed by atoms with E-state index in [-0.39, 0.29) is 31.1 Å². The molecule has 0 aromatic carbocycles. The van der Waals surface area contributed by atoms with Gasteiger partial charge in [0.25, 0.3) is 0 Å². The van der Waals surface area contributed by atoms with Gasteiger partial charge in [0, 0.05) is 19.3 Å². The van der Waals surface area contributed by atoms with Crippen molar-refractivity contribution >= 4 is 17.9 Å². The van der Waals surface area contributed by atoms with E-state index in [0.29, 0.717) is 19.3 Å². The average molecular weight is 1120 g/mol. The molecule has 0 amide bonds. The van der Waals surface area contributed by atoms with Crippen LogP contribution in [0.15, 0.2) is 48.6 Å². The van der Waals surface area contributed by atoms with Gasteiger partial charge in [-0.25, -0.2) is 0 Å². The van der Waals surface area contributed by atoms with E-state index in [1.807, 2.05) is 0 Å². The summed E-state index contributed by atoms with van der Waals surface area (Å²) < 4.78 is 16.9. The van der Waals surface area contributed by atoms with Gasteiger partial charge in [0.1, 0.15) is 13.2 Å². The van der Waals surface area contributed by atoms with Crippen LogP contribution in [-0.4, -0.2) is 37.2 Å². The quantitative estimate of drug-likeness (QED) is 0.0261. The molecule has 468 valence electrons. The van der Waals surface area contributed by atoms with Crippen LogP contribution in [0.1, 0.15) is 387 Å². The van der Waals surface area contributed by atoms with Gasteiger partial charge in [0.05, 0.1) is 0 Å². The minimum atomic E-state index is -0.786. The Hall–Kier alpha value is -2.63. The molecule has 1 unspecified atom stereocenters. The second-order valence-electron chi connectivity index (χ2n) is 24.1. The number of carbonyl (C=O) groups excluding carboxylic acids is 3. The van der Waals surface area contributed by atoms with Gasteiger partial charge in [-0.15, -0.1) is 0 Å². The summed E-state index contributed by atoms with van der Waals surface area (Å²) in [7, 11) is 0. The summed E-state index contributed by atoms with van der Waals surface area (Å²) in [5, 5.41) is 0. The third-order valence-corrected chi connectivity index (χ3v) is 16.0. The van der Waals surface area contributed by atoms with Gasteiger partial charge in [0.15, 0.2) is 6.10 Å². The number of allylic oxidation sites excluding steroid dienone is 8. The number of unbranched alkanes of at least 4 members (excludes halogenated alkanes) is 47. The fourth-order valence-corrected chi connectivity index (χ4v) is 10.7. The highest BCUT2D eigenvalue weighted by Crippen LogP contribution is 2.19. The highest BCUT2D eigenvalue weighted by atomic mass is 16.6. The van der Waals surface area contributed by atoms with E-state index >= 15 is 0 Å². The van der Waals surface area contributed by atoms with Crippen LogP contribution in [0.5, 0.6) is 0 Å². The van der Waals surface area contributed by atoms with E-state index in [2.05, 4.69) is 69.4 Å². The van der Waals surface area contributed by atoms with Gasteiger partial charge in [-0.1, -0.05) is 339 Å². The largest absolute Gasteiger partial charge is 0.462 e. The molecule has 0 heterocycles. The Bertz CT molecular complexity index is 1380. The topological polar surface area (TPSA) is 78.9 Å². The van der Waals surface area contributed by atoms with Crippen molar-refractivity contribution < 1.29 is 28.6 Å². The monoisotopic (exact) mass is 1120 g/mol. The molecule has 0 N–H and O–H groups in total. The molecule has 0 fully saturated rings. The van der Waals surface area contributed by atoms with Crippen LogP contribution in [0.3, 0.4) is 0 Å². The standard InChI is InChI=1S/C74H136O6/c1-4-7-10-13-16-19-22-25-27-28-29-30-31-32-33-34-35-36-37-38-39-40-41-42-43-44-45-47-49-52-55-58-61-64-67-73(76)79-70-71(69-78-72(75)66-63-60-57-54-51-48-24-21-18-15-12-9-6-3)80-74(77)68-65-62-59-56-53-50-46-26-23-20-17-14-11-8-5-2/h12,15,17,20-21,24,26,46,71H,4-11,13-14,16,18-19,22-23,25,27-45,47-70H2,1-3H3/b15-12-,20-17-,24-21-,46-26-. The number of carbonyl (C=O) groups is 3. The maximum atomic E-state index is 12.9. The normalized spacial score (nSPS) is 12.3. The zero-order valence-electron chi connectivity index (χ0n) is 53.9. The molecule has 0 rings (SSSR count).